The quantitative estimate of drug-likeness (QED) is 0.862. The molecule has 0 saturated carbocycles. The van der Waals surface area contributed by atoms with Gasteiger partial charge in [-0.25, -0.2) is 0 Å². The zero-order valence-electron chi connectivity index (χ0n) is 9.93. The lowest BCUT2D eigenvalue weighted by Gasteiger charge is -2.14. The Morgan fingerprint density at radius 2 is 2.06 bits per heavy atom. The maximum atomic E-state index is 12.5. The van der Waals surface area contributed by atoms with E-state index in [1.54, 1.807) is 6.07 Å². The molecule has 1 aliphatic heterocycles. The summed E-state index contributed by atoms with van der Waals surface area (Å²) in [7, 11) is 0. The highest BCUT2D eigenvalue weighted by Gasteiger charge is 2.30. The molecule has 1 heterocycles. The van der Waals surface area contributed by atoms with E-state index in [4.69, 9.17) is 0 Å². The van der Waals surface area contributed by atoms with Crippen molar-refractivity contribution in [3.63, 3.8) is 0 Å². The first-order valence-corrected chi connectivity index (χ1v) is 5.99. The minimum Gasteiger partial charge on any atom is -0.370 e. The molecule has 2 nitrogen and oxygen atoms in total. The molecule has 0 unspecified atom stereocenters. The number of nitrogens with zero attached hydrogens (tertiary/aromatic N) is 1. The van der Waals surface area contributed by atoms with E-state index >= 15 is 0 Å². The number of rotatable bonds is 2. The van der Waals surface area contributed by atoms with E-state index in [2.05, 4.69) is 10.3 Å². The average molecular weight is 256 g/mol. The maximum absolute atomic E-state index is 12.5. The molecule has 0 saturated heterocycles. The molecule has 0 atom stereocenters. The van der Waals surface area contributed by atoms with E-state index in [0.29, 0.717) is 12.1 Å². The lowest BCUT2D eigenvalue weighted by molar-refractivity contribution is -0.137. The molecule has 0 amide bonds. The van der Waals surface area contributed by atoms with Crippen molar-refractivity contribution in [2.45, 2.75) is 32.0 Å². The highest BCUT2D eigenvalue weighted by atomic mass is 19.4. The van der Waals surface area contributed by atoms with Crippen LogP contribution in [0, 0.1) is 0 Å². The summed E-state index contributed by atoms with van der Waals surface area (Å²) >= 11 is 0. The van der Waals surface area contributed by atoms with Gasteiger partial charge in [0.15, 0.2) is 0 Å². The summed E-state index contributed by atoms with van der Waals surface area (Å²) in [5.74, 6) is 0.902. The molecule has 0 radical (unpaired) electrons. The Bertz CT molecular complexity index is 438. The molecule has 0 fully saturated rings. The number of halogens is 3. The number of alkyl halides is 3. The summed E-state index contributed by atoms with van der Waals surface area (Å²) in [4.78, 5) is 4.30. The monoisotopic (exact) mass is 256 g/mol. The fourth-order valence-electron chi connectivity index (χ4n) is 1.90. The predicted octanol–water partition coefficient (Wildman–Crippen LogP) is 3.38. The molecule has 18 heavy (non-hydrogen) atoms. The minimum absolute atomic E-state index is 0.392. The predicted molar refractivity (Wildman–Crippen MR) is 64.4 cm³/mol. The summed E-state index contributed by atoms with van der Waals surface area (Å²) in [6.07, 6.45) is -1.21. The number of benzene rings is 1. The summed E-state index contributed by atoms with van der Waals surface area (Å²) in [5.41, 5.74) is 0.0190. The van der Waals surface area contributed by atoms with Crippen molar-refractivity contribution in [2.24, 2.45) is 4.99 Å². The Morgan fingerprint density at radius 1 is 1.22 bits per heavy atom. The summed E-state index contributed by atoms with van der Waals surface area (Å²) in [6.45, 7) is 1.20. The van der Waals surface area contributed by atoms with Crippen LogP contribution in [0.25, 0.3) is 0 Å². The van der Waals surface area contributed by atoms with Crippen LogP contribution in [0.1, 0.15) is 30.4 Å². The van der Waals surface area contributed by atoms with Gasteiger partial charge in [-0.15, -0.1) is 0 Å². The van der Waals surface area contributed by atoms with E-state index in [1.807, 2.05) is 0 Å². The van der Waals surface area contributed by atoms with Crippen LogP contribution in [-0.4, -0.2) is 12.4 Å². The van der Waals surface area contributed by atoms with Gasteiger partial charge in [0, 0.05) is 19.5 Å². The van der Waals surface area contributed by atoms with Crippen LogP contribution in [0.4, 0.5) is 13.2 Å². The molecule has 0 aliphatic carbocycles. The van der Waals surface area contributed by atoms with Gasteiger partial charge in [0.05, 0.1) is 11.4 Å². The number of aliphatic imine (C=N–C) groups is 1. The van der Waals surface area contributed by atoms with Crippen molar-refractivity contribution < 1.29 is 13.2 Å². The molecular weight excluding hydrogens is 241 g/mol. The van der Waals surface area contributed by atoms with Crippen LogP contribution < -0.4 is 5.32 Å². The van der Waals surface area contributed by atoms with Gasteiger partial charge < -0.3 is 5.32 Å². The Morgan fingerprint density at radius 3 is 2.72 bits per heavy atom. The summed E-state index contributed by atoms with van der Waals surface area (Å²) < 4.78 is 37.6. The zero-order valence-corrected chi connectivity index (χ0v) is 9.93. The minimum atomic E-state index is -4.28. The van der Waals surface area contributed by atoms with E-state index in [-0.39, 0.29) is 0 Å². The molecule has 5 heteroatoms. The third kappa shape index (κ3) is 3.48. The fourth-order valence-corrected chi connectivity index (χ4v) is 1.90. The standard InChI is InChI=1S/C13H15F3N2/c14-13(15,16)11-5-3-4-10(8-11)9-18-12-6-1-2-7-17-12/h3-5,8H,1-2,6-7,9H2,(H,17,18). The van der Waals surface area contributed by atoms with Crippen LogP contribution in [0.2, 0.25) is 0 Å². The van der Waals surface area contributed by atoms with E-state index in [1.165, 1.54) is 12.1 Å². The zero-order chi connectivity index (χ0) is 13.0. The second-order valence-electron chi connectivity index (χ2n) is 4.34. The second kappa shape index (κ2) is 5.42. The molecule has 98 valence electrons. The molecule has 0 spiro atoms. The molecule has 1 aromatic rings. The van der Waals surface area contributed by atoms with Crippen molar-refractivity contribution in [3.8, 4) is 0 Å². The molecule has 0 bridgehead atoms. The van der Waals surface area contributed by atoms with E-state index in [0.717, 1.165) is 37.7 Å². The average Bonchev–Trinajstić information content (AvgIpc) is 2.37. The van der Waals surface area contributed by atoms with Crippen LogP contribution in [0.15, 0.2) is 29.3 Å². The van der Waals surface area contributed by atoms with Gasteiger partial charge in [-0.05, 0) is 30.5 Å². The normalized spacial score (nSPS) is 16.3. The molecule has 0 aromatic heterocycles. The Balaban J connectivity index is 1.99. The van der Waals surface area contributed by atoms with Crippen molar-refractivity contribution in [1.82, 2.24) is 5.32 Å². The van der Waals surface area contributed by atoms with Crippen molar-refractivity contribution >= 4 is 5.84 Å². The SMILES string of the molecule is FC(F)(F)c1cccc(CNC2=NCCCC2)c1. The highest BCUT2D eigenvalue weighted by molar-refractivity contribution is 5.82. The third-order valence-corrected chi connectivity index (χ3v) is 2.88. The fraction of sp³-hybridized carbons (Fsp3) is 0.462. The second-order valence-corrected chi connectivity index (χ2v) is 4.34. The smallest absolute Gasteiger partial charge is 0.370 e. The lowest BCUT2D eigenvalue weighted by Crippen LogP contribution is -2.25. The number of hydrogen-bond acceptors (Lipinski definition) is 2. The van der Waals surface area contributed by atoms with Gasteiger partial charge in [-0.1, -0.05) is 12.1 Å². The molecular formula is C13H15F3N2. The Hall–Kier alpha value is -1.52. The third-order valence-electron chi connectivity index (χ3n) is 2.88. The van der Waals surface area contributed by atoms with Gasteiger partial charge in [0.2, 0.25) is 0 Å². The largest absolute Gasteiger partial charge is 0.416 e. The summed E-state index contributed by atoms with van der Waals surface area (Å²) in [5, 5.41) is 3.10. The van der Waals surface area contributed by atoms with E-state index in [9.17, 15) is 13.2 Å². The van der Waals surface area contributed by atoms with Crippen molar-refractivity contribution in [3.05, 3.63) is 35.4 Å². The highest BCUT2D eigenvalue weighted by Crippen LogP contribution is 2.29. The lowest BCUT2D eigenvalue weighted by atomic mass is 10.1. The molecule has 1 aliphatic rings. The van der Waals surface area contributed by atoms with Gasteiger partial charge >= 0.3 is 6.18 Å². The molecule has 2 rings (SSSR count). The topological polar surface area (TPSA) is 24.4 Å². The van der Waals surface area contributed by atoms with Crippen LogP contribution in [0.5, 0.6) is 0 Å². The van der Waals surface area contributed by atoms with Gasteiger partial charge in [-0.3, -0.25) is 4.99 Å². The first kappa shape index (κ1) is 12.9. The van der Waals surface area contributed by atoms with Gasteiger partial charge in [0.1, 0.15) is 0 Å². The van der Waals surface area contributed by atoms with Crippen LogP contribution >= 0.6 is 0 Å². The molecule has 1 N–H and O–H groups in total. The van der Waals surface area contributed by atoms with Crippen LogP contribution in [-0.2, 0) is 12.7 Å². The molecule has 1 aromatic carbocycles. The van der Waals surface area contributed by atoms with Crippen molar-refractivity contribution in [2.75, 3.05) is 6.54 Å². The van der Waals surface area contributed by atoms with Crippen LogP contribution in [0.3, 0.4) is 0 Å². The van der Waals surface area contributed by atoms with E-state index < -0.39 is 11.7 Å². The Kier molecular flexibility index (Phi) is 3.89. The van der Waals surface area contributed by atoms with Crippen molar-refractivity contribution in [1.29, 1.82) is 0 Å². The number of nitrogens with one attached hydrogen (secondary N) is 1. The first-order valence-electron chi connectivity index (χ1n) is 5.99. The maximum Gasteiger partial charge on any atom is 0.416 e. The first-order chi connectivity index (χ1) is 8.55. The Labute approximate surface area is 104 Å². The number of amidine groups is 1. The summed E-state index contributed by atoms with van der Waals surface area (Å²) in [6, 6.07) is 5.38. The van der Waals surface area contributed by atoms with Gasteiger partial charge in [0.25, 0.3) is 0 Å². The number of hydrogen-bond donors (Lipinski definition) is 1. The van der Waals surface area contributed by atoms with Gasteiger partial charge in [-0.2, -0.15) is 13.2 Å².